The third-order valence-electron chi connectivity index (χ3n) is 6.50. The van der Waals surface area contributed by atoms with Gasteiger partial charge in [0.1, 0.15) is 0 Å². The largest absolute Gasteiger partial charge is 0.0850 e. The van der Waals surface area contributed by atoms with Crippen molar-refractivity contribution in [2.24, 2.45) is 11.8 Å². The summed E-state index contributed by atoms with van der Waals surface area (Å²) in [5.41, 5.74) is 9.14. The van der Waals surface area contributed by atoms with E-state index in [1.807, 2.05) is 0 Å². The van der Waals surface area contributed by atoms with Crippen molar-refractivity contribution in [1.29, 1.82) is 0 Å². The highest BCUT2D eigenvalue weighted by Gasteiger charge is 2.14. The summed E-state index contributed by atoms with van der Waals surface area (Å²) >= 11 is 0. The van der Waals surface area contributed by atoms with E-state index in [1.54, 1.807) is 22.3 Å². The van der Waals surface area contributed by atoms with E-state index in [0.29, 0.717) is 0 Å². The zero-order chi connectivity index (χ0) is 22.5. The maximum absolute atomic E-state index is 2.41. The van der Waals surface area contributed by atoms with Crippen LogP contribution >= 0.6 is 0 Å². The molecular formula is C30H48. The summed E-state index contributed by atoms with van der Waals surface area (Å²) in [6.45, 7) is 17.7. The second-order valence-electron chi connectivity index (χ2n) is 9.97. The van der Waals surface area contributed by atoms with Crippen LogP contribution in [0.15, 0.2) is 69.9 Å². The standard InChI is InChI=1S/2C15H24/c2*1-12(2)6-5-7-14(4)15-10-8-13(3)9-11-15/h2*6-8,15H,5,9-11H2,1-4H3/b2*14-7+. The van der Waals surface area contributed by atoms with Crippen molar-refractivity contribution < 1.29 is 0 Å². The average molecular weight is 409 g/mol. The van der Waals surface area contributed by atoms with Crippen LogP contribution in [0.25, 0.3) is 0 Å². The Bertz CT molecular complexity index is 632. The molecular weight excluding hydrogens is 360 g/mol. The summed E-state index contributed by atoms with van der Waals surface area (Å²) < 4.78 is 0. The van der Waals surface area contributed by atoms with Crippen molar-refractivity contribution in [2.45, 2.75) is 107 Å². The Hall–Kier alpha value is -1.56. The minimum atomic E-state index is 0.805. The van der Waals surface area contributed by atoms with Gasteiger partial charge in [0.15, 0.2) is 0 Å². The third-order valence-corrected chi connectivity index (χ3v) is 6.50. The van der Waals surface area contributed by atoms with E-state index in [4.69, 9.17) is 0 Å². The molecule has 0 saturated heterocycles. The Morgan fingerprint density at radius 1 is 0.667 bits per heavy atom. The molecule has 2 aliphatic rings. The summed E-state index contributed by atoms with van der Waals surface area (Å²) in [4.78, 5) is 0. The Morgan fingerprint density at radius 3 is 1.30 bits per heavy atom. The molecule has 0 nitrogen and oxygen atoms in total. The summed E-state index contributed by atoms with van der Waals surface area (Å²) in [5, 5.41) is 0. The summed E-state index contributed by atoms with van der Waals surface area (Å²) in [6, 6.07) is 0. The first-order valence-corrected chi connectivity index (χ1v) is 12.1. The molecule has 0 heteroatoms. The molecule has 0 spiro atoms. The van der Waals surface area contributed by atoms with Crippen LogP contribution in [0.3, 0.4) is 0 Å². The fraction of sp³-hybridized carbons (Fsp3) is 0.600. The van der Waals surface area contributed by atoms with Gasteiger partial charge in [-0.25, -0.2) is 0 Å². The van der Waals surface area contributed by atoms with Gasteiger partial charge in [-0.2, -0.15) is 0 Å². The molecule has 2 rings (SSSR count). The van der Waals surface area contributed by atoms with E-state index in [2.05, 4.69) is 91.8 Å². The molecule has 0 aliphatic heterocycles. The quantitative estimate of drug-likeness (QED) is 0.383. The van der Waals surface area contributed by atoms with Gasteiger partial charge in [-0.3, -0.25) is 0 Å². The summed E-state index contributed by atoms with van der Waals surface area (Å²) in [5.74, 6) is 1.61. The van der Waals surface area contributed by atoms with Gasteiger partial charge in [-0.15, -0.1) is 0 Å². The van der Waals surface area contributed by atoms with Crippen LogP contribution in [-0.2, 0) is 0 Å². The lowest BCUT2D eigenvalue weighted by Gasteiger charge is -2.21. The highest BCUT2D eigenvalue weighted by molar-refractivity contribution is 5.15. The zero-order valence-electron chi connectivity index (χ0n) is 21.3. The van der Waals surface area contributed by atoms with Gasteiger partial charge in [-0.1, -0.05) is 69.9 Å². The maximum Gasteiger partial charge on any atom is -0.0164 e. The first-order chi connectivity index (χ1) is 14.2. The lowest BCUT2D eigenvalue weighted by molar-refractivity contribution is 0.537. The normalized spacial score (nSPS) is 22.3. The fourth-order valence-electron chi connectivity index (χ4n) is 4.05. The molecule has 30 heavy (non-hydrogen) atoms. The van der Waals surface area contributed by atoms with Gasteiger partial charge in [0.2, 0.25) is 0 Å². The van der Waals surface area contributed by atoms with Crippen LogP contribution in [0.1, 0.15) is 107 Å². The van der Waals surface area contributed by atoms with Crippen LogP contribution < -0.4 is 0 Å². The summed E-state index contributed by atoms with van der Waals surface area (Å²) in [6.07, 6.45) is 24.2. The highest BCUT2D eigenvalue weighted by atomic mass is 14.2. The number of allylic oxidation sites excluding steroid dienone is 12. The molecule has 0 N–H and O–H groups in total. The van der Waals surface area contributed by atoms with Gasteiger partial charge in [0.25, 0.3) is 0 Å². The van der Waals surface area contributed by atoms with Gasteiger partial charge in [-0.05, 0) is 119 Å². The molecule has 2 unspecified atom stereocenters. The Balaban J connectivity index is 0.000000300. The van der Waals surface area contributed by atoms with E-state index in [1.165, 1.54) is 49.7 Å². The third kappa shape index (κ3) is 11.6. The van der Waals surface area contributed by atoms with Crippen LogP contribution in [0, 0.1) is 11.8 Å². The SMILES string of the molecule is CC(C)=CC/C=C(\C)C1CC=C(C)CC1.CC(C)=CC/C=C(\C)C1CC=C(C)CC1. The molecule has 0 saturated carbocycles. The van der Waals surface area contributed by atoms with Crippen molar-refractivity contribution in [3.63, 3.8) is 0 Å². The van der Waals surface area contributed by atoms with Crippen molar-refractivity contribution in [2.75, 3.05) is 0 Å². The first-order valence-electron chi connectivity index (χ1n) is 12.1. The Labute approximate surface area is 188 Å². The second-order valence-corrected chi connectivity index (χ2v) is 9.97. The van der Waals surface area contributed by atoms with Crippen LogP contribution in [-0.4, -0.2) is 0 Å². The van der Waals surface area contributed by atoms with Gasteiger partial charge < -0.3 is 0 Å². The van der Waals surface area contributed by atoms with E-state index in [0.717, 1.165) is 24.7 Å². The van der Waals surface area contributed by atoms with Crippen molar-refractivity contribution in [1.82, 2.24) is 0 Å². The monoisotopic (exact) mass is 408 g/mol. The minimum Gasteiger partial charge on any atom is -0.0850 e. The number of rotatable bonds is 6. The molecule has 0 fully saturated rings. The predicted octanol–water partition coefficient (Wildman–Crippen LogP) is 10.1. The molecule has 0 aromatic carbocycles. The van der Waals surface area contributed by atoms with Gasteiger partial charge in [0.05, 0.1) is 0 Å². The zero-order valence-corrected chi connectivity index (χ0v) is 21.3. The second kappa shape index (κ2) is 14.4. The molecule has 0 aromatic rings. The fourth-order valence-corrected chi connectivity index (χ4v) is 4.05. The van der Waals surface area contributed by atoms with E-state index in [9.17, 15) is 0 Å². The van der Waals surface area contributed by atoms with Crippen LogP contribution in [0.5, 0.6) is 0 Å². The Morgan fingerprint density at radius 2 is 1.03 bits per heavy atom. The average Bonchev–Trinajstić information content (AvgIpc) is 2.69. The van der Waals surface area contributed by atoms with Crippen molar-refractivity contribution >= 4 is 0 Å². The molecule has 0 aromatic heterocycles. The molecule has 168 valence electrons. The topological polar surface area (TPSA) is 0 Å². The summed E-state index contributed by atoms with van der Waals surface area (Å²) in [7, 11) is 0. The first kappa shape index (κ1) is 26.5. The minimum absolute atomic E-state index is 0.805. The number of hydrogen-bond acceptors (Lipinski definition) is 0. The smallest absolute Gasteiger partial charge is 0.0164 e. The van der Waals surface area contributed by atoms with E-state index >= 15 is 0 Å². The molecule has 0 amide bonds. The van der Waals surface area contributed by atoms with E-state index in [-0.39, 0.29) is 0 Å². The highest BCUT2D eigenvalue weighted by Crippen LogP contribution is 2.29. The lowest BCUT2D eigenvalue weighted by Crippen LogP contribution is -2.05. The van der Waals surface area contributed by atoms with Crippen LogP contribution in [0.2, 0.25) is 0 Å². The molecule has 0 bridgehead atoms. The van der Waals surface area contributed by atoms with Crippen molar-refractivity contribution in [3.8, 4) is 0 Å². The van der Waals surface area contributed by atoms with Crippen LogP contribution in [0.4, 0.5) is 0 Å². The molecule has 0 heterocycles. The van der Waals surface area contributed by atoms with Crippen molar-refractivity contribution in [3.05, 3.63) is 69.9 Å². The molecule has 2 aliphatic carbocycles. The lowest BCUT2D eigenvalue weighted by atomic mass is 9.85. The maximum atomic E-state index is 2.41. The number of hydrogen-bond donors (Lipinski definition) is 0. The van der Waals surface area contributed by atoms with Gasteiger partial charge in [0, 0.05) is 0 Å². The van der Waals surface area contributed by atoms with Gasteiger partial charge >= 0.3 is 0 Å². The predicted molar refractivity (Wildman–Crippen MR) is 138 cm³/mol. The molecule has 2 atom stereocenters. The van der Waals surface area contributed by atoms with E-state index < -0.39 is 0 Å². The molecule has 0 radical (unpaired) electrons. The Kier molecular flexibility index (Phi) is 12.7.